The normalized spacial score (nSPS) is 11.7. The fourth-order valence-corrected chi connectivity index (χ4v) is 1.77. The fourth-order valence-electron chi connectivity index (χ4n) is 1.77. The summed E-state index contributed by atoms with van der Waals surface area (Å²) >= 11 is 0. The topological polar surface area (TPSA) is 64.6 Å². The first-order valence-electron chi connectivity index (χ1n) is 6.69. The summed E-state index contributed by atoms with van der Waals surface area (Å²) in [7, 11) is 0. The molecule has 1 aromatic rings. The minimum atomic E-state index is -0.367. The third-order valence-electron chi connectivity index (χ3n) is 2.65. The summed E-state index contributed by atoms with van der Waals surface area (Å²) < 4.78 is 10.2. The van der Waals surface area contributed by atoms with E-state index >= 15 is 0 Å². The second-order valence-corrected chi connectivity index (χ2v) is 4.29. The lowest BCUT2D eigenvalue weighted by Crippen LogP contribution is -2.28. The van der Waals surface area contributed by atoms with Crippen molar-refractivity contribution in [1.82, 2.24) is 5.32 Å². The number of benzene rings is 1. The standard InChI is InChI=1S/C15H21NO4/c1-3-19-9-10-20-15(18)11-14(16-12(2)17)13-7-5-4-6-8-13/h4-8,14H,3,9-11H2,1-2H3,(H,16,17). The number of amides is 1. The molecule has 1 N–H and O–H groups in total. The van der Waals surface area contributed by atoms with Crippen molar-refractivity contribution in [2.45, 2.75) is 26.3 Å². The van der Waals surface area contributed by atoms with E-state index < -0.39 is 0 Å². The zero-order chi connectivity index (χ0) is 14.8. The predicted molar refractivity (Wildman–Crippen MR) is 75.1 cm³/mol. The SMILES string of the molecule is CCOCCOC(=O)CC(NC(C)=O)c1ccccc1. The molecule has 110 valence electrons. The van der Waals surface area contributed by atoms with Gasteiger partial charge in [-0.3, -0.25) is 9.59 Å². The van der Waals surface area contributed by atoms with Gasteiger partial charge >= 0.3 is 5.97 Å². The van der Waals surface area contributed by atoms with Crippen LogP contribution in [0.1, 0.15) is 31.9 Å². The number of hydrogen-bond acceptors (Lipinski definition) is 4. The number of carbonyl (C=O) groups excluding carboxylic acids is 2. The van der Waals surface area contributed by atoms with Crippen molar-refractivity contribution in [3.05, 3.63) is 35.9 Å². The van der Waals surface area contributed by atoms with E-state index in [1.165, 1.54) is 6.92 Å². The number of hydrogen-bond donors (Lipinski definition) is 1. The van der Waals surface area contributed by atoms with Gasteiger partial charge in [-0.15, -0.1) is 0 Å². The fraction of sp³-hybridized carbons (Fsp3) is 0.467. The van der Waals surface area contributed by atoms with Crippen molar-refractivity contribution < 1.29 is 19.1 Å². The zero-order valence-corrected chi connectivity index (χ0v) is 11.9. The Morgan fingerprint density at radius 1 is 1.20 bits per heavy atom. The lowest BCUT2D eigenvalue weighted by molar-refractivity contribution is -0.145. The molecule has 5 nitrogen and oxygen atoms in total. The highest BCUT2D eigenvalue weighted by Crippen LogP contribution is 2.17. The molecule has 1 unspecified atom stereocenters. The molecule has 0 bridgehead atoms. The van der Waals surface area contributed by atoms with Crippen molar-refractivity contribution in [1.29, 1.82) is 0 Å². The van der Waals surface area contributed by atoms with Gasteiger partial charge in [-0.25, -0.2) is 0 Å². The van der Waals surface area contributed by atoms with Crippen LogP contribution in [0.2, 0.25) is 0 Å². The molecule has 0 heterocycles. The molecule has 0 aliphatic heterocycles. The summed E-state index contributed by atoms with van der Waals surface area (Å²) in [4.78, 5) is 23.0. The van der Waals surface area contributed by atoms with Crippen molar-refractivity contribution in [2.24, 2.45) is 0 Å². The van der Waals surface area contributed by atoms with Gasteiger partial charge in [0.1, 0.15) is 6.61 Å². The van der Waals surface area contributed by atoms with Gasteiger partial charge in [0.05, 0.1) is 19.1 Å². The molecule has 5 heteroatoms. The van der Waals surface area contributed by atoms with E-state index in [1.54, 1.807) is 0 Å². The van der Waals surface area contributed by atoms with Crippen LogP contribution in [0.3, 0.4) is 0 Å². The molecule has 1 amide bonds. The number of rotatable bonds is 8. The molecule has 0 aliphatic carbocycles. The Hall–Kier alpha value is -1.88. The van der Waals surface area contributed by atoms with Crippen LogP contribution in [0.5, 0.6) is 0 Å². The Kier molecular flexibility index (Phi) is 7.35. The van der Waals surface area contributed by atoms with Gasteiger partial charge in [0, 0.05) is 13.5 Å². The van der Waals surface area contributed by atoms with Crippen LogP contribution in [-0.2, 0) is 19.1 Å². The number of carbonyl (C=O) groups is 2. The monoisotopic (exact) mass is 279 g/mol. The Morgan fingerprint density at radius 2 is 1.90 bits per heavy atom. The highest BCUT2D eigenvalue weighted by Gasteiger charge is 2.17. The van der Waals surface area contributed by atoms with Crippen LogP contribution in [0, 0.1) is 0 Å². The molecule has 0 saturated carbocycles. The summed E-state index contributed by atoms with van der Waals surface area (Å²) in [6.45, 7) is 4.52. The lowest BCUT2D eigenvalue weighted by atomic mass is 10.0. The highest BCUT2D eigenvalue weighted by atomic mass is 16.6. The first kappa shape index (κ1) is 16.2. The number of esters is 1. The molecule has 0 fully saturated rings. The van der Waals surface area contributed by atoms with Gasteiger partial charge in [-0.2, -0.15) is 0 Å². The van der Waals surface area contributed by atoms with Crippen LogP contribution < -0.4 is 5.32 Å². The van der Waals surface area contributed by atoms with Crippen molar-refractivity contribution in [3.63, 3.8) is 0 Å². The third-order valence-corrected chi connectivity index (χ3v) is 2.65. The Morgan fingerprint density at radius 3 is 2.50 bits per heavy atom. The summed E-state index contributed by atoms with van der Waals surface area (Å²) in [6, 6.07) is 8.99. The minimum Gasteiger partial charge on any atom is -0.463 e. The Labute approximate surface area is 119 Å². The second kappa shape index (κ2) is 9.09. The van der Waals surface area contributed by atoms with Crippen LogP contribution >= 0.6 is 0 Å². The van der Waals surface area contributed by atoms with E-state index in [9.17, 15) is 9.59 Å². The minimum absolute atomic E-state index is 0.107. The van der Waals surface area contributed by atoms with Crippen LogP contribution in [0.4, 0.5) is 0 Å². The van der Waals surface area contributed by atoms with Gasteiger partial charge in [0.2, 0.25) is 5.91 Å². The molecule has 0 aliphatic rings. The number of ether oxygens (including phenoxy) is 2. The maximum Gasteiger partial charge on any atom is 0.308 e. The first-order valence-corrected chi connectivity index (χ1v) is 6.69. The van der Waals surface area contributed by atoms with Crippen LogP contribution in [-0.4, -0.2) is 31.7 Å². The van der Waals surface area contributed by atoms with Crippen molar-refractivity contribution in [3.8, 4) is 0 Å². The molecule has 1 atom stereocenters. The summed E-state index contributed by atoms with van der Waals surface area (Å²) in [5.74, 6) is -0.534. The lowest BCUT2D eigenvalue weighted by Gasteiger charge is -2.17. The molecule has 0 saturated heterocycles. The average molecular weight is 279 g/mol. The van der Waals surface area contributed by atoms with Crippen molar-refractivity contribution >= 4 is 11.9 Å². The van der Waals surface area contributed by atoms with Gasteiger partial charge in [0.25, 0.3) is 0 Å². The molecule has 0 aromatic heterocycles. The quantitative estimate of drug-likeness (QED) is 0.582. The van der Waals surface area contributed by atoms with Crippen LogP contribution in [0.25, 0.3) is 0 Å². The van der Waals surface area contributed by atoms with Gasteiger partial charge < -0.3 is 14.8 Å². The van der Waals surface area contributed by atoms with Gasteiger partial charge in [-0.1, -0.05) is 30.3 Å². The zero-order valence-electron chi connectivity index (χ0n) is 11.9. The van der Waals surface area contributed by atoms with E-state index in [0.717, 1.165) is 5.56 Å². The predicted octanol–water partition coefficient (Wildman–Crippen LogP) is 1.83. The first-order chi connectivity index (χ1) is 9.63. The summed E-state index contributed by atoms with van der Waals surface area (Å²) in [5, 5.41) is 2.76. The van der Waals surface area contributed by atoms with E-state index in [4.69, 9.17) is 9.47 Å². The van der Waals surface area contributed by atoms with E-state index in [0.29, 0.717) is 13.2 Å². The van der Waals surface area contributed by atoms with E-state index in [2.05, 4.69) is 5.32 Å². The summed E-state index contributed by atoms with van der Waals surface area (Å²) in [6.07, 6.45) is 0.107. The van der Waals surface area contributed by atoms with Crippen molar-refractivity contribution in [2.75, 3.05) is 19.8 Å². The smallest absolute Gasteiger partial charge is 0.308 e. The molecule has 0 spiro atoms. The molecular formula is C15H21NO4. The van der Waals surface area contributed by atoms with E-state index in [-0.39, 0.29) is 30.9 Å². The maximum absolute atomic E-state index is 11.7. The second-order valence-electron chi connectivity index (χ2n) is 4.29. The third kappa shape index (κ3) is 6.33. The maximum atomic E-state index is 11.7. The Balaban J connectivity index is 2.52. The molecular weight excluding hydrogens is 258 g/mol. The van der Waals surface area contributed by atoms with Gasteiger partial charge in [0.15, 0.2) is 0 Å². The molecule has 20 heavy (non-hydrogen) atoms. The van der Waals surface area contributed by atoms with Crippen LogP contribution in [0.15, 0.2) is 30.3 Å². The Bertz CT molecular complexity index is 419. The molecule has 1 rings (SSSR count). The average Bonchev–Trinajstić information content (AvgIpc) is 2.43. The largest absolute Gasteiger partial charge is 0.463 e. The highest BCUT2D eigenvalue weighted by molar-refractivity contribution is 5.76. The van der Waals surface area contributed by atoms with E-state index in [1.807, 2.05) is 37.3 Å². The summed E-state index contributed by atoms with van der Waals surface area (Å²) in [5.41, 5.74) is 0.879. The molecule has 0 radical (unpaired) electrons. The number of nitrogens with one attached hydrogen (secondary N) is 1. The van der Waals surface area contributed by atoms with Gasteiger partial charge in [-0.05, 0) is 12.5 Å². The molecule has 1 aromatic carbocycles.